The van der Waals surface area contributed by atoms with Crippen molar-refractivity contribution in [3.63, 3.8) is 0 Å². The molecular formula is C13H11N3OS. The molecule has 0 saturated carbocycles. The summed E-state index contributed by atoms with van der Waals surface area (Å²) in [6.07, 6.45) is 4.57. The SMILES string of the molecule is OC(Cc1nc2ccccc2s1)c1cnccn1. The second-order valence-corrected chi connectivity index (χ2v) is 5.04. The molecule has 3 rings (SSSR count). The Morgan fingerprint density at radius 3 is 2.89 bits per heavy atom. The third-order valence-electron chi connectivity index (χ3n) is 2.63. The van der Waals surface area contributed by atoms with E-state index in [0.29, 0.717) is 12.1 Å². The average molecular weight is 257 g/mol. The highest BCUT2D eigenvalue weighted by molar-refractivity contribution is 7.18. The largest absolute Gasteiger partial charge is 0.386 e. The Bertz CT molecular complexity index is 620. The first-order valence-electron chi connectivity index (χ1n) is 5.61. The first kappa shape index (κ1) is 11.3. The Morgan fingerprint density at radius 1 is 1.22 bits per heavy atom. The summed E-state index contributed by atoms with van der Waals surface area (Å²) in [5.41, 5.74) is 1.56. The number of rotatable bonds is 3. The molecule has 0 aliphatic carbocycles. The third-order valence-corrected chi connectivity index (χ3v) is 3.69. The van der Waals surface area contributed by atoms with Crippen molar-refractivity contribution in [1.82, 2.24) is 15.0 Å². The lowest BCUT2D eigenvalue weighted by Crippen LogP contribution is -2.04. The second kappa shape index (κ2) is 4.80. The van der Waals surface area contributed by atoms with Crippen LogP contribution in [0.3, 0.4) is 0 Å². The molecule has 1 aromatic carbocycles. The van der Waals surface area contributed by atoms with Crippen LogP contribution in [0.2, 0.25) is 0 Å². The molecule has 3 aromatic rings. The van der Waals surface area contributed by atoms with Crippen molar-refractivity contribution in [3.05, 3.63) is 53.6 Å². The van der Waals surface area contributed by atoms with E-state index in [1.165, 1.54) is 0 Å². The van der Waals surface area contributed by atoms with E-state index in [2.05, 4.69) is 15.0 Å². The van der Waals surface area contributed by atoms with Gasteiger partial charge in [-0.15, -0.1) is 11.3 Å². The fourth-order valence-electron chi connectivity index (χ4n) is 1.76. The van der Waals surface area contributed by atoms with Gasteiger partial charge in [-0.25, -0.2) is 4.98 Å². The van der Waals surface area contributed by atoms with Crippen molar-refractivity contribution in [2.45, 2.75) is 12.5 Å². The van der Waals surface area contributed by atoms with Crippen LogP contribution >= 0.6 is 11.3 Å². The summed E-state index contributed by atoms with van der Waals surface area (Å²) in [5, 5.41) is 11.0. The van der Waals surface area contributed by atoms with Gasteiger partial charge in [0, 0.05) is 18.8 Å². The van der Waals surface area contributed by atoms with E-state index in [9.17, 15) is 5.11 Å². The molecule has 90 valence electrons. The van der Waals surface area contributed by atoms with E-state index in [1.54, 1.807) is 29.9 Å². The number of hydrogen-bond acceptors (Lipinski definition) is 5. The molecule has 1 unspecified atom stereocenters. The summed E-state index contributed by atoms with van der Waals surface area (Å²) in [6.45, 7) is 0. The smallest absolute Gasteiger partial charge is 0.104 e. The molecule has 1 atom stereocenters. The normalized spacial score (nSPS) is 12.7. The van der Waals surface area contributed by atoms with Gasteiger partial charge in [-0.2, -0.15) is 0 Å². The minimum Gasteiger partial charge on any atom is -0.386 e. The molecule has 0 aliphatic heterocycles. The fourth-order valence-corrected chi connectivity index (χ4v) is 2.76. The van der Waals surface area contributed by atoms with Crippen molar-refractivity contribution >= 4 is 21.6 Å². The molecule has 2 aromatic heterocycles. The molecule has 0 spiro atoms. The molecule has 0 fully saturated rings. The van der Waals surface area contributed by atoms with Crippen molar-refractivity contribution < 1.29 is 5.11 Å². The van der Waals surface area contributed by atoms with Gasteiger partial charge in [0.05, 0.1) is 27.1 Å². The van der Waals surface area contributed by atoms with Gasteiger partial charge in [-0.1, -0.05) is 12.1 Å². The number of aromatic nitrogens is 3. The van der Waals surface area contributed by atoms with E-state index in [4.69, 9.17) is 0 Å². The summed E-state index contributed by atoms with van der Waals surface area (Å²) in [6, 6.07) is 7.96. The van der Waals surface area contributed by atoms with Gasteiger partial charge in [0.25, 0.3) is 0 Å². The Labute approximate surface area is 108 Å². The van der Waals surface area contributed by atoms with Crippen molar-refractivity contribution in [2.75, 3.05) is 0 Å². The maximum absolute atomic E-state index is 10.1. The molecule has 5 heteroatoms. The zero-order valence-corrected chi connectivity index (χ0v) is 10.3. The highest BCUT2D eigenvalue weighted by Crippen LogP contribution is 2.25. The first-order valence-corrected chi connectivity index (χ1v) is 6.43. The van der Waals surface area contributed by atoms with Crippen LogP contribution in [0.1, 0.15) is 16.8 Å². The summed E-state index contributed by atoms with van der Waals surface area (Å²) >= 11 is 1.60. The molecule has 1 N–H and O–H groups in total. The van der Waals surface area contributed by atoms with Crippen molar-refractivity contribution in [1.29, 1.82) is 0 Å². The van der Waals surface area contributed by atoms with Gasteiger partial charge in [0.2, 0.25) is 0 Å². The Kier molecular flexibility index (Phi) is 3.00. The molecular weight excluding hydrogens is 246 g/mol. The Morgan fingerprint density at radius 2 is 2.11 bits per heavy atom. The monoisotopic (exact) mass is 257 g/mol. The van der Waals surface area contributed by atoms with E-state index in [-0.39, 0.29) is 0 Å². The number of fused-ring (bicyclic) bond motifs is 1. The molecule has 18 heavy (non-hydrogen) atoms. The predicted molar refractivity (Wildman–Crippen MR) is 70.3 cm³/mol. The average Bonchev–Trinajstić information content (AvgIpc) is 2.82. The molecule has 0 aliphatic rings. The number of aliphatic hydroxyl groups is 1. The van der Waals surface area contributed by atoms with Crippen LogP contribution in [-0.4, -0.2) is 20.1 Å². The number of thiazole rings is 1. The minimum atomic E-state index is -0.653. The lowest BCUT2D eigenvalue weighted by molar-refractivity contribution is 0.173. The van der Waals surface area contributed by atoms with Crippen LogP contribution in [0, 0.1) is 0 Å². The zero-order valence-electron chi connectivity index (χ0n) is 9.52. The summed E-state index contributed by atoms with van der Waals surface area (Å²) in [7, 11) is 0. The Hall–Kier alpha value is -1.85. The zero-order chi connectivity index (χ0) is 12.4. The van der Waals surface area contributed by atoms with Crippen LogP contribution in [0.5, 0.6) is 0 Å². The molecule has 4 nitrogen and oxygen atoms in total. The lowest BCUT2D eigenvalue weighted by Gasteiger charge is -2.06. The van der Waals surface area contributed by atoms with Crippen LogP contribution < -0.4 is 0 Å². The maximum Gasteiger partial charge on any atom is 0.104 e. The van der Waals surface area contributed by atoms with E-state index >= 15 is 0 Å². The van der Waals surface area contributed by atoms with Crippen LogP contribution in [-0.2, 0) is 6.42 Å². The lowest BCUT2D eigenvalue weighted by atomic mass is 10.2. The first-order chi connectivity index (χ1) is 8.83. The summed E-state index contributed by atoms with van der Waals surface area (Å²) < 4.78 is 1.14. The number of nitrogens with zero attached hydrogens (tertiary/aromatic N) is 3. The van der Waals surface area contributed by atoms with Crippen LogP contribution in [0.4, 0.5) is 0 Å². The maximum atomic E-state index is 10.1. The molecule has 0 bridgehead atoms. The minimum absolute atomic E-state index is 0.470. The third kappa shape index (κ3) is 2.23. The highest BCUT2D eigenvalue weighted by atomic mass is 32.1. The quantitative estimate of drug-likeness (QED) is 0.782. The molecule has 0 saturated heterocycles. The standard InChI is InChI=1S/C13H11N3OS/c17-11(10-8-14-5-6-15-10)7-13-16-9-3-1-2-4-12(9)18-13/h1-6,8,11,17H,7H2. The van der Waals surface area contributed by atoms with Gasteiger partial charge in [0.15, 0.2) is 0 Å². The number of hydrogen-bond donors (Lipinski definition) is 1. The fraction of sp³-hybridized carbons (Fsp3) is 0.154. The van der Waals surface area contributed by atoms with E-state index in [0.717, 1.165) is 15.2 Å². The number of aliphatic hydroxyl groups excluding tert-OH is 1. The number of para-hydroxylation sites is 1. The van der Waals surface area contributed by atoms with Crippen LogP contribution in [0.25, 0.3) is 10.2 Å². The molecule has 0 radical (unpaired) electrons. The van der Waals surface area contributed by atoms with E-state index in [1.807, 2.05) is 24.3 Å². The van der Waals surface area contributed by atoms with Crippen LogP contribution in [0.15, 0.2) is 42.9 Å². The van der Waals surface area contributed by atoms with Gasteiger partial charge < -0.3 is 5.11 Å². The van der Waals surface area contributed by atoms with Crippen molar-refractivity contribution in [3.8, 4) is 0 Å². The van der Waals surface area contributed by atoms with Gasteiger partial charge in [-0.3, -0.25) is 9.97 Å². The van der Waals surface area contributed by atoms with Crippen molar-refractivity contribution in [2.24, 2.45) is 0 Å². The second-order valence-electron chi connectivity index (χ2n) is 3.93. The molecule has 2 heterocycles. The Balaban J connectivity index is 1.84. The van der Waals surface area contributed by atoms with Gasteiger partial charge >= 0.3 is 0 Å². The highest BCUT2D eigenvalue weighted by Gasteiger charge is 2.13. The van der Waals surface area contributed by atoms with Gasteiger partial charge in [0.1, 0.15) is 6.10 Å². The topological polar surface area (TPSA) is 58.9 Å². The summed E-state index contributed by atoms with van der Waals surface area (Å²) in [5.74, 6) is 0. The molecule has 0 amide bonds. The summed E-state index contributed by atoms with van der Waals surface area (Å²) in [4.78, 5) is 12.5. The van der Waals surface area contributed by atoms with Gasteiger partial charge in [-0.05, 0) is 12.1 Å². The predicted octanol–water partition coefficient (Wildman–Crippen LogP) is 2.36. The van der Waals surface area contributed by atoms with E-state index < -0.39 is 6.10 Å². The number of benzene rings is 1.